The molecule has 0 amide bonds. The molecule has 33 heavy (non-hydrogen) atoms. The second kappa shape index (κ2) is 10.5. The number of benzene rings is 2. The van der Waals surface area contributed by atoms with E-state index in [2.05, 4.69) is 9.71 Å². The molecule has 5 N–H and O–H groups in total. The zero-order chi connectivity index (χ0) is 24.0. The van der Waals surface area contributed by atoms with Crippen LogP contribution in [-0.4, -0.2) is 38.1 Å². The van der Waals surface area contributed by atoms with Gasteiger partial charge < -0.3 is 20.9 Å². The summed E-state index contributed by atoms with van der Waals surface area (Å²) in [5, 5.41) is 1.95. The first-order chi connectivity index (χ1) is 15.7. The van der Waals surface area contributed by atoms with Gasteiger partial charge in [0.05, 0.1) is 40.9 Å². The van der Waals surface area contributed by atoms with E-state index in [4.69, 9.17) is 20.9 Å². The molecular weight excluding hydrogens is 468 g/mol. The molecule has 0 saturated carbocycles. The largest absolute Gasteiger partial charge is 0.493 e. The van der Waals surface area contributed by atoms with Gasteiger partial charge in [0.15, 0.2) is 5.13 Å². The van der Waals surface area contributed by atoms with E-state index >= 15 is 0 Å². The third kappa shape index (κ3) is 6.14. The molecule has 2 aromatic carbocycles. The highest BCUT2D eigenvalue weighted by atomic mass is 32.2. The number of hydrogen-bond acceptors (Lipinski definition) is 10. The van der Waals surface area contributed by atoms with Crippen LogP contribution in [-0.2, 0) is 19.6 Å². The standard InChI is InChI=1S/C21H22N4O6S2/c1-2-30-16-10-6-9-14(19(16)15-12-32-21(23)24-15)20(27)31-18(26)11-17(22)25-33(28,29)13-7-4-3-5-8-13/h3-10,12,17,25H,2,11,22H2,1H3,(H2,23,24)/t17-/m0/s1. The molecule has 174 valence electrons. The maximum absolute atomic E-state index is 12.8. The number of anilines is 1. The Morgan fingerprint density at radius 1 is 1.15 bits per heavy atom. The fourth-order valence-electron chi connectivity index (χ4n) is 2.93. The van der Waals surface area contributed by atoms with Crippen LogP contribution in [0.3, 0.4) is 0 Å². The maximum Gasteiger partial charge on any atom is 0.346 e. The molecule has 1 aromatic heterocycles. The van der Waals surface area contributed by atoms with E-state index < -0.39 is 34.5 Å². The number of nitrogens with two attached hydrogens (primary N) is 2. The summed E-state index contributed by atoms with van der Waals surface area (Å²) in [5.74, 6) is -1.59. The summed E-state index contributed by atoms with van der Waals surface area (Å²) in [6, 6.07) is 12.2. The summed E-state index contributed by atoms with van der Waals surface area (Å²) in [6.07, 6.45) is -1.87. The summed E-state index contributed by atoms with van der Waals surface area (Å²) in [5.41, 5.74) is 12.2. The van der Waals surface area contributed by atoms with Gasteiger partial charge in [-0.15, -0.1) is 11.3 Å². The lowest BCUT2D eigenvalue weighted by Gasteiger charge is -2.15. The van der Waals surface area contributed by atoms with Gasteiger partial charge in [-0.2, -0.15) is 4.72 Å². The van der Waals surface area contributed by atoms with Gasteiger partial charge in [-0.1, -0.05) is 24.3 Å². The number of nitrogens with zero attached hydrogens (tertiary/aromatic N) is 1. The smallest absolute Gasteiger partial charge is 0.346 e. The number of hydrogen-bond donors (Lipinski definition) is 3. The minimum Gasteiger partial charge on any atom is -0.493 e. The summed E-state index contributed by atoms with van der Waals surface area (Å²) in [4.78, 5) is 29.2. The zero-order valence-corrected chi connectivity index (χ0v) is 19.2. The van der Waals surface area contributed by atoms with Gasteiger partial charge >= 0.3 is 11.9 Å². The number of nitrogen functional groups attached to an aromatic ring is 1. The lowest BCUT2D eigenvalue weighted by Crippen LogP contribution is -2.43. The average Bonchev–Trinajstić information content (AvgIpc) is 3.19. The van der Waals surface area contributed by atoms with Gasteiger partial charge in [0.2, 0.25) is 10.0 Å². The van der Waals surface area contributed by atoms with Gasteiger partial charge in [-0.05, 0) is 31.2 Å². The molecule has 1 atom stereocenters. The monoisotopic (exact) mass is 490 g/mol. The number of carbonyl (C=O) groups is 2. The minimum absolute atomic E-state index is 0.00943. The summed E-state index contributed by atoms with van der Waals surface area (Å²) in [7, 11) is -3.94. The Balaban J connectivity index is 1.73. The molecule has 0 spiro atoms. The number of sulfonamides is 1. The second-order valence-corrected chi connectivity index (χ2v) is 9.29. The van der Waals surface area contributed by atoms with Crippen LogP contribution in [0.2, 0.25) is 0 Å². The molecule has 0 fully saturated rings. The number of esters is 2. The zero-order valence-electron chi connectivity index (χ0n) is 17.6. The fourth-order valence-corrected chi connectivity index (χ4v) is 4.62. The van der Waals surface area contributed by atoms with Crippen LogP contribution >= 0.6 is 11.3 Å². The van der Waals surface area contributed by atoms with Crippen LogP contribution in [0, 0.1) is 0 Å². The van der Waals surface area contributed by atoms with Crippen LogP contribution in [0.4, 0.5) is 5.13 Å². The molecule has 10 nitrogen and oxygen atoms in total. The van der Waals surface area contributed by atoms with E-state index in [0.29, 0.717) is 28.7 Å². The first kappa shape index (κ1) is 24.3. The van der Waals surface area contributed by atoms with Crippen molar-refractivity contribution < 1.29 is 27.5 Å². The van der Waals surface area contributed by atoms with E-state index in [9.17, 15) is 18.0 Å². The van der Waals surface area contributed by atoms with E-state index in [0.717, 1.165) is 0 Å². The SMILES string of the molecule is CCOc1cccc(C(=O)OC(=O)C[C@@H](N)NS(=O)(=O)c2ccccc2)c1-c1csc(N)n1. The van der Waals surface area contributed by atoms with Crippen LogP contribution in [0.25, 0.3) is 11.3 Å². The maximum atomic E-state index is 12.8. The number of ether oxygens (including phenoxy) is 2. The molecule has 0 saturated heterocycles. The number of thiazole rings is 1. The number of aromatic nitrogens is 1. The highest BCUT2D eigenvalue weighted by Gasteiger charge is 2.25. The van der Waals surface area contributed by atoms with Crippen LogP contribution in [0.15, 0.2) is 58.8 Å². The van der Waals surface area contributed by atoms with Crippen molar-refractivity contribution in [1.82, 2.24) is 9.71 Å². The van der Waals surface area contributed by atoms with E-state index in [-0.39, 0.29) is 10.5 Å². The van der Waals surface area contributed by atoms with Crippen molar-refractivity contribution in [1.29, 1.82) is 0 Å². The van der Waals surface area contributed by atoms with Crippen molar-refractivity contribution in [3.63, 3.8) is 0 Å². The van der Waals surface area contributed by atoms with Gasteiger partial charge in [-0.3, -0.25) is 4.79 Å². The van der Waals surface area contributed by atoms with Gasteiger partial charge in [0, 0.05) is 5.38 Å². The molecular formula is C21H22N4O6S2. The second-order valence-electron chi connectivity index (χ2n) is 6.69. The van der Waals surface area contributed by atoms with Crippen molar-refractivity contribution in [2.24, 2.45) is 5.73 Å². The predicted molar refractivity (Wildman–Crippen MR) is 123 cm³/mol. The average molecular weight is 491 g/mol. The highest BCUT2D eigenvalue weighted by molar-refractivity contribution is 7.89. The Morgan fingerprint density at radius 2 is 1.88 bits per heavy atom. The molecule has 0 radical (unpaired) electrons. The van der Waals surface area contributed by atoms with Gasteiger partial charge in [0.1, 0.15) is 5.75 Å². The summed E-state index contributed by atoms with van der Waals surface area (Å²) in [6.45, 7) is 2.12. The van der Waals surface area contributed by atoms with Crippen molar-refractivity contribution >= 4 is 38.4 Å². The predicted octanol–water partition coefficient (Wildman–Crippen LogP) is 2.13. The third-order valence-electron chi connectivity index (χ3n) is 4.28. The first-order valence-corrected chi connectivity index (χ1v) is 12.1. The van der Waals surface area contributed by atoms with E-state index in [1.807, 2.05) is 0 Å². The quantitative estimate of drug-likeness (QED) is 0.231. The Labute approximate surface area is 194 Å². The van der Waals surface area contributed by atoms with Crippen molar-refractivity contribution in [2.75, 3.05) is 12.3 Å². The lowest BCUT2D eigenvalue weighted by atomic mass is 10.0. The Morgan fingerprint density at radius 3 is 2.52 bits per heavy atom. The number of nitrogens with one attached hydrogen (secondary N) is 1. The lowest BCUT2D eigenvalue weighted by molar-refractivity contribution is -0.138. The normalized spacial score (nSPS) is 12.2. The third-order valence-corrected chi connectivity index (χ3v) is 6.46. The van der Waals surface area contributed by atoms with E-state index in [1.54, 1.807) is 42.6 Å². The number of rotatable bonds is 9. The summed E-state index contributed by atoms with van der Waals surface area (Å²) >= 11 is 1.18. The molecule has 3 aromatic rings. The van der Waals surface area contributed by atoms with Crippen LogP contribution < -0.4 is 20.9 Å². The summed E-state index contributed by atoms with van der Waals surface area (Å²) < 4.78 is 37.4. The van der Waals surface area contributed by atoms with Gasteiger partial charge in [0.25, 0.3) is 0 Å². The molecule has 3 rings (SSSR count). The topological polar surface area (TPSA) is 164 Å². The molecule has 0 unspecified atom stereocenters. The minimum atomic E-state index is -3.94. The molecule has 0 aliphatic rings. The molecule has 1 heterocycles. The molecule has 0 bridgehead atoms. The van der Waals surface area contributed by atoms with Crippen molar-refractivity contribution in [2.45, 2.75) is 24.4 Å². The van der Waals surface area contributed by atoms with Crippen LogP contribution in [0.5, 0.6) is 5.75 Å². The number of carbonyl (C=O) groups excluding carboxylic acids is 2. The Bertz CT molecular complexity index is 1240. The molecule has 0 aliphatic carbocycles. The van der Waals surface area contributed by atoms with Gasteiger partial charge in [-0.25, -0.2) is 18.2 Å². The van der Waals surface area contributed by atoms with E-state index in [1.165, 1.54) is 29.5 Å². The van der Waals surface area contributed by atoms with Crippen molar-refractivity contribution in [3.05, 3.63) is 59.5 Å². The first-order valence-electron chi connectivity index (χ1n) is 9.76. The van der Waals surface area contributed by atoms with Crippen molar-refractivity contribution in [3.8, 4) is 17.0 Å². The highest BCUT2D eigenvalue weighted by Crippen LogP contribution is 2.35. The fraction of sp³-hybridized carbons (Fsp3) is 0.190. The Hall–Kier alpha value is -3.32. The molecule has 12 heteroatoms. The van der Waals surface area contributed by atoms with Crippen LogP contribution in [0.1, 0.15) is 23.7 Å². The Kier molecular flexibility index (Phi) is 7.76. The molecule has 0 aliphatic heterocycles.